The van der Waals surface area contributed by atoms with Crippen molar-refractivity contribution in [2.75, 3.05) is 38.7 Å². The molecule has 3 heterocycles. The second kappa shape index (κ2) is 6.64. The molecule has 2 aliphatic heterocycles. The van der Waals surface area contributed by atoms with Gasteiger partial charge in [-0.05, 0) is 31.4 Å². The number of pyridine rings is 1. The van der Waals surface area contributed by atoms with Crippen LogP contribution in [0.25, 0.3) is 10.9 Å². The number of aromatic nitrogens is 1. The molecule has 1 aromatic heterocycles. The Balaban J connectivity index is 1.67. The Labute approximate surface area is 148 Å². The van der Waals surface area contributed by atoms with Gasteiger partial charge in [0.1, 0.15) is 5.82 Å². The first-order valence-corrected chi connectivity index (χ1v) is 9.11. The van der Waals surface area contributed by atoms with Gasteiger partial charge in [-0.25, -0.2) is 4.98 Å². The maximum atomic E-state index is 13.3. The molecule has 2 saturated heterocycles. The lowest BCUT2D eigenvalue weighted by Crippen LogP contribution is -2.48. The maximum Gasteiger partial charge on any atom is 0.254 e. The number of nitrogens with zero attached hydrogens (tertiary/aromatic N) is 3. The zero-order valence-electron chi connectivity index (χ0n) is 14.9. The average Bonchev–Trinajstić information content (AvgIpc) is 2.66. The number of anilines is 1. The topological polar surface area (TPSA) is 45.7 Å². The van der Waals surface area contributed by atoms with Gasteiger partial charge >= 0.3 is 0 Å². The van der Waals surface area contributed by atoms with Crippen molar-refractivity contribution < 1.29 is 9.53 Å². The molecule has 2 aromatic rings. The predicted molar refractivity (Wildman–Crippen MR) is 99.1 cm³/mol. The van der Waals surface area contributed by atoms with E-state index in [1.807, 2.05) is 54.2 Å². The summed E-state index contributed by atoms with van der Waals surface area (Å²) < 4.78 is 5.88. The molecule has 0 radical (unpaired) electrons. The summed E-state index contributed by atoms with van der Waals surface area (Å²) in [7, 11) is 3.91. The highest BCUT2D eigenvalue weighted by molar-refractivity contribution is 6.07. The van der Waals surface area contributed by atoms with Crippen LogP contribution in [-0.4, -0.2) is 55.7 Å². The van der Waals surface area contributed by atoms with Crippen LogP contribution in [-0.2, 0) is 4.74 Å². The zero-order chi connectivity index (χ0) is 17.4. The Morgan fingerprint density at radius 2 is 2.12 bits per heavy atom. The molecule has 2 aliphatic rings. The third-order valence-electron chi connectivity index (χ3n) is 5.39. The fraction of sp³-hybridized carbons (Fsp3) is 0.500. The molecule has 0 aliphatic carbocycles. The van der Waals surface area contributed by atoms with Crippen LogP contribution in [0.5, 0.6) is 0 Å². The highest BCUT2D eigenvalue weighted by Crippen LogP contribution is 2.30. The van der Waals surface area contributed by atoms with Gasteiger partial charge in [0.05, 0.1) is 17.2 Å². The molecule has 0 saturated carbocycles. The lowest BCUT2D eigenvalue weighted by Gasteiger charge is -2.41. The molecule has 2 fully saturated rings. The van der Waals surface area contributed by atoms with E-state index in [4.69, 9.17) is 4.74 Å². The standard InChI is InChI=1S/C20H25N3O2/c1-22(2)19-12-16(15-7-3-4-8-17(15)21-19)20(24)23-10-9-18-14(13-23)6-5-11-25-18/h3-4,7-8,12,14,18H,5-6,9-11,13H2,1-2H3/t14-,18-/m1/s1. The quantitative estimate of drug-likeness (QED) is 0.844. The Morgan fingerprint density at radius 1 is 1.28 bits per heavy atom. The molecular weight excluding hydrogens is 314 g/mol. The maximum absolute atomic E-state index is 13.3. The van der Waals surface area contributed by atoms with Crippen molar-refractivity contribution in [2.45, 2.75) is 25.4 Å². The van der Waals surface area contributed by atoms with E-state index in [1.165, 1.54) is 0 Å². The van der Waals surface area contributed by atoms with E-state index in [2.05, 4.69) is 4.98 Å². The monoisotopic (exact) mass is 339 g/mol. The van der Waals surface area contributed by atoms with Gasteiger partial charge in [0, 0.05) is 45.1 Å². The number of benzene rings is 1. The minimum atomic E-state index is 0.116. The van der Waals surface area contributed by atoms with Crippen LogP contribution in [0.3, 0.4) is 0 Å². The molecule has 5 heteroatoms. The van der Waals surface area contributed by atoms with Crippen LogP contribution in [0.1, 0.15) is 29.6 Å². The minimum Gasteiger partial charge on any atom is -0.378 e. The molecule has 25 heavy (non-hydrogen) atoms. The van der Waals surface area contributed by atoms with Crippen LogP contribution in [0.2, 0.25) is 0 Å². The van der Waals surface area contributed by atoms with E-state index in [0.29, 0.717) is 12.0 Å². The fourth-order valence-corrected chi connectivity index (χ4v) is 4.01. The molecule has 4 rings (SSSR count). The normalized spacial score (nSPS) is 23.4. The van der Waals surface area contributed by atoms with Crippen molar-refractivity contribution in [1.82, 2.24) is 9.88 Å². The Morgan fingerprint density at radius 3 is 2.96 bits per heavy atom. The number of hydrogen-bond donors (Lipinski definition) is 0. The summed E-state index contributed by atoms with van der Waals surface area (Å²) >= 11 is 0. The second-order valence-electron chi connectivity index (χ2n) is 7.29. The Bertz CT molecular complexity index is 790. The highest BCUT2D eigenvalue weighted by Gasteiger charge is 2.34. The summed E-state index contributed by atoms with van der Waals surface area (Å²) in [5, 5.41) is 0.931. The molecule has 0 N–H and O–H groups in total. The molecule has 2 atom stereocenters. The third-order valence-corrected chi connectivity index (χ3v) is 5.39. The minimum absolute atomic E-state index is 0.116. The molecule has 1 aromatic carbocycles. The number of piperidine rings is 1. The van der Waals surface area contributed by atoms with Crippen LogP contribution >= 0.6 is 0 Å². The average molecular weight is 339 g/mol. The predicted octanol–water partition coefficient (Wildman–Crippen LogP) is 2.94. The van der Waals surface area contributed by atoms with E-state index < -0.39 is 0 Å². The fourth-order valence-electron chi connectivity index (χ4n) is 4.01. The first kappa shape index (κ1) is 16.3. The van der Waals surface area contributed by atoms with E-state index in [9.17, 15) is 4.79 Å². The van der Waals surface area contributed by atoms with Crippen molar-refractivity contribution in [3.05, 3.63) is 35.9 Å². The summed E-state index contributed by atoms with van der Waals surface area (Å²) in [5.74, 6) is 1.41. The summed E-state index contributed by atoms with van der Waals surface area (Å²) in [6.45, 7) is 2.45. The molecule has 5 nitrogen and oxygen atoms in total. The Hall–Kier alpha value is -2.14. The lowest BCUT2D eigenvalue weighted by molar-refractivity contribution is -0.0606. The summed E-state index contributed by atoms with van der Waals surface area (Å²) in [4.78, 5) is 21.9. The highest BCUT2D eigenvalue weighted by atomic mass is 16.5. The van der Waals surface area contributed by atoms with Gasteiger partial charge in [0.25, 0.3) is 5.91 Å². The molecular formula is C20H25N3O2. The smallest absolute Gasteiger partial charge is 0.254 e. The number of rotatable bonds is 2. The number of para-hydroxylation sites is 1. The zero-order valence-corrected chi connectivity index (χ0v) is 14.9. The van der Waals surface area contributed by atoms with Gasteiger partial charge in [0.15, 0.2) is 0 Å². The van der Waals surface area contributed by atoms with Crippen LogP contribution in [0.4, 0.5) is 5.82 Å². The largest absolute Gasteiger partial charge is 0.378 e. The lowest BCUT2D eigenvalue weighted by atomic mass is 9.88. The van der Waals surface area contributed by atoms with Gasteiger partial charge in [-0.15, -0.1) is 0 Å². The van der Waals surface area contributed by atoms with Crippen LogP contribution in [0, 0.1) is 5.92 Å². The van der Waals surface area contributed by atoms with Crippen molar-refractivity contribution in [3.63, 3.8) is 0 Å². The molecule has 0 unspecified atom stereocenters. The molecule has 1 amide bonds. The number of ether oxygens (including phenoxy) is 1. The van der Waals surface area contributed by atoms with E-state index in [-0.39, 0.29) is 5.91 Å². The number of amides is 1. The summed E-state index contributed by atoms with van der Waals surface area (Å²) in [5.41, 5.74) is 1.62. The number of carbonyl (C=O) groups is 1. The first-order valence-electron chi connectivity index (χ1n) is 9.11. The Kier molecular flexibility index (Phi) is 4.34. The van der Waals surface area contributed by atoms with Gasteiger partial charge in [-0.1, -0.05) is 18.2 Å². The SMILES string of the molecule is CN(C)c1cc(C(=O)N2CC[C@H]3OCCC[C@@H]3C2)c2ccccc2n1. The van der Waals surface area contributed by atoms with Crippen molar-refractivity contribution >= 4 is 22.6 Å². The van der Waals surface area contributed by atoms with E-state index in [0.717, 1.165) is 61.2 Å². The van der Waals surface area contributed by atoms with Gasteiger partial charge < -0.3 is 14.5 Å². The van der Waals surface area contributed by atoms with E-state index in [1.54, 1.807) is 0 Å². The summed E-state index contributed by atoms with van der Waals surface area (Å²) in [6.07, 6.45) is 3.55. The van der Waals surface area contributed by atoms with Gasteiger partial charge in [0.2, 0.25) is 0 Å². The second-order valence-corrected chi connectivity index (χ2v) is 7.29. The molecule has 132 valence electrons. The molecule has 0 bridgehead atoms. The van der Waals surface area contributed by atoms with Gasteiger partial charge in [-0.3, -0.25) is 4.79 Å². The van der Waals surface area contributed by atoms with Crippen molar-refractivity contribution in [3.8, 4) is 0 Å². The third kappa shape index (κ3) is 3.09. The van der Waals surface area contributed by atoms with Crippen LogP contribution < -0.4 is 4.90 Å². The number of hydrogen-bond acceptors (Lipinski definition) is 4. The van der Waals surface area contributed by atoms with Crippen molar-refractivity contribution in [1.29, 1.82) is 0 Å². The summed E-state index contributed by atoms with van der Waals surface area (Å²) in [6, 6.07) is 9.82. The van der Waals surface area contributed by atoms with Crippen molar-refractivity contribution in [2.24, 2.45) is 5.92 Å². The van der Waals surface area contributed by atoms with Gasteiger partial charge in [-0.2, -0.15) is 0 Å². The first-order chi connectivity index (χ1) is 12.1. The number of carbonyl (C=O) groups excluding carboxylic acids is 1. The number of likely N-dealkylation sites (tertiary alicyclic amines) is 1. The molecule has 0 spiro atoms. The van der Waals surface area contributed by atoms with Crippen LogP contribution in [0.15, 0.2) is 30.3 Å². The number of fused-ring (bicyclic) bond motifs is 2. The van der Waals surface area contributed by atoms with E-state index >= 15 is 0 Å².